The maximum atomic E-state index is 2.45. The summed E-state index contributed by atoms with van der Waals surface area (Å²) in [6.07, 6.45) is 15.1. The summed E-state index contributed by atoms with van der Waals surface area (Å²) in [6.45, 7) is 0. The van der Waals surface area contributed by atoms with Crippen molar-refractivity contribution in [2.75, 3.05) is 0 Å². The lowest BCUT2D eigenvalue weighted by molar-refractivity contribution is 0.441. The number of benzene rings is 2. The smallest absolute Gasteiger partial charge is 0.0146 e. The molecule has 0 unspecified atom stereocenters. The molecule has 0 heterocycles. The second-order valence-corrected chi connectivity index (χ2v) is 8.14. The van der Waals surface area contributed by atoms with Crippen LogP contribution in [0.2, 0.25) is 0 Å². The van der Waals surface area contributed by atoms with Gasteiger partial charge in [-0.2, -0.15) is 0 Å². The molecule has 0 aromatic heterocycles. The fraction of sp³-hybridized carbons (Fsp3) is 0.500. The molecule has 24 heavy (non-hydrogen) atoms. The van der Waals surface area contributed by atoms with Gasteiger partial charge in [0.2, 0.25) is 0 Å². The molecule has 3 aliphatic carbocycles. The highest BCUT2D eigenvalue weighted by Crippen LogP contribution is 2.43. The van der Waals surface area contributed by atoms with Gasteiger partial charge < -0.3 is 0 Å². The fourth-order valence-electron chi connectivity index (χ4n) is 5.62. The molecule has 3 aliphatic rings. The second kappa shape index (κ2) is 6.06. The van der Waals surface area contributed by atoms with Gasteiger partial charge in [-0.3, -0.25) is 0 Å². The number of aryl methyl sites for hydroxylation is 1. The average Bonchev–Trinajstić information content (AvgIpc) is 2.67. The second-order valence-electron chi connectivity index (χ2n) is 8.14. The molecule has 124 valence electrons. The van der Waals surface area contributed by atoms with Crippen molar-refractivity contribution in [1.82, 2.24) is 0 Å². The van der Waals surface area contributed by atoms with Crippen molar-refractivity contribution in [2.45, 2.75) is 76.5 Å². The van der Waals surface area contributed by atoms with Gasteiger partial charge in [0, 0.05) is 0 Å². The molecule has 0 atom stereocenters. The molecule has 0 amide bonds. The maximum Gasteiger partial charge on any atom is -0.0146 e. The Hall–Kier alpha value is -1.56. The van der Waals surface area contributed by atoms with Crippen LogP contribution in [0.5, 0.6) is 0 Å². The number of fused-ring (bicyclic) bond motifs is 5. The standard InChI is InChI=1S/C24H28/c1-2-7-17(8-3-1)20-11-6-12-21-22(20)15-16-23-19-10-5-4-9-18(19)13-14-24(21)23/h6,11-14,17H,1-5,7-10,15-16H2. The fourth-order valence-corrected chi connectivity index (χ4v) is 5.62. The molecule has 2 aromatic rings. The van der Waals surface area contributed by atoms with E-state index in [9.17, 15) is 0 Å². The molecule has 0 radical (unpaired) electrons. The predicted molar refractivity (Wildman–Crippen MR) is 102 cm³/mol. The number of hydrogen-bond donors (Lipinski definition) is 0. The Morgan fingerprint density at radius 2 is 1.38 bits per heavy atom. The van der Waals surface area contributed by atoms with Crippen LogP contribution in [0.4, 0.5) is 0 Å². The molecule has 0 N–H and O–H groups in total. The first kappa shape index (κ1) is 14.8. The Balaban J connectivity index is 1.62. The molecular weight excluding hydrogens is 288 g/mol. The van der Waals surface area contributed by atoms with Gasteiger partial charge in [-0.1, -0.05) is 49.6 Å². The molecule has 0 saturated heterocycles. The molecule has 0 nitrogen and oxygen atoms in total. The van der Waals surface area contributed by atoms with Crippen molar-refractivity contribution in [3.05, 3.63) is 58.1 Å². The first-order valence-corrected chi connectivity index (χ1v) is 10.2. The first-order chi connectivity index (χ1) is 11.9. The van der Waals surface area contributed by atoms with Crippen LogP contribution in [0, 0.1) is 0 Å². The van der Waals surface area contributed by atoms with Gasteiger partial charge >= 0.3 is 0 Å². The van der Waals surface area contributed by atoms with E-state index in [-0.39, 0.29) is 0 Å². The summed E-state index contributed by atoms with van der Waals surface area (Å²) in [4.78, 5) is 0. The van der Waals surface area contributed by atoms with Crippen molar-refractivity contribution in [1.29, 1.82) is 0 Å². The van der Waals surface area contributed by atoms with Crippen LogP contribution in [0.1, 0.15) is 78.7 Å². The van der Waals surface area contributed by atoms with E-state index in [1.807, 2.05) is 0 Å². The Labute approximate surface area is 146 Å². The van der Waals surface area contributed by atoms with Crippen molar-refractivity contribution in [3.8, 4) is 11.1 Å². The van der Waals surface area contributed by atoms with Crippen LogP contribution < -0.4 is 0 Å². The third-order valence-electron chi connectivity index (χ3n) is 6.82. The van der Waals surface area contributed by atoms with Crippen LogP contribution >= 0.6 is 0 Å². The Morgan fingerprint density at radius 3 is 2.29 bits per heavy atom. The summed E-state index contributed by atoms with van der Waals surface area (Å²) < 4.78 is 0. The van der Waals surface area contributed by atoms with Gasteiger partial charge in [0.15, 0.2) is 0 Å². The Kier molecular flexibility index (Phi) is 3.73. The lowest BCUT2D eigenvalue weighted by Gasteiger charge is -2.31. The quantitative estimate of drug-likeness (QED) is 0.572. The van der Waals surface area contributed by atoms with Crippen molar-refractivity contribution in [2.24, 2.45) is 0 Å². The molecule has 1 fully saturated rings. The summed E-state index contributed by atoms with van der Waals surface area (Å²) in [6, 6.07) is 12.1. The van der Waals surface area contributed by atoms with Crippen LogP contribution in [0.15, 0.2) is 30.3 Å². The first-order valence-electron chi connectivity index (χ1n) is 10.2. The van der Waals surface area contributed by atoms with E-state index < -0.39 is 0 Å². The topological polar surface area (TPSA) is 0 Å². The van der Waals surface area contributed by atoms with Crippen molar-refractivity contribution < 1.29 is 0 Å². The highest BCUT2D eigenvalue weighted by molar-refractivity contribution is 5.76. The molecule has 0 bridgehead atoms. The van der Waals surface area contributed by atoms with E-state index in [4.69, 9.17) is 0 Å². The molecule has 0 spiro atoms. The van der Waals surface area contributed by atoms with E-state index >= 15 is 0 Å². The lowest BCUT2D eigenvalue weighted by atomic mass is 9.74. The minimum absolute atomic E-state index is 0.827. The van der Waals surface area contributed by atoms with E-state index in [2.05, 4.69) is 30.3 Å². The van der Waals surface area contributed by atoms with Gasteiger partial charge in [0.1, 0.15) is 0 Å². The maximum absolute atomic E-state index is 2.45. The summed E-state index contributed by atoms with van der Waals surface area (Å²) in [5, 5.41) is 0. The Morgan fingerprint density at radius 1 is 0.583 bits per heavy atom. The molecule has 5 rings (SSSR count). The molecule has 0 aliphatic heterocycles. The van der Waals surface area contributed by atoms with Gasteiger partial charge in [-0.05, 0) is 96.2 Å². The minimum atomic E-state index is 0.827. The van der Waals surface area contributed by atoms with E-state index in [0.29, 0.717) is 0 Å². The van der Waals surface area contributed by atoms with Crippen LogP contribution in [0.3, 0.4) is 0 Å². The zero-order valence-electron chi connectivity index (χ0n) is 14.7. The highest BCUT2D eigenvalue weighted by Gasteiger charge is 2.26. The average molecular weight is 316 g/mol. The normalized spacial score (nSPS) is 20.2. The van der Waals surface area contributed by atoms with Crippen molar-refractivity contribution in [3.63, 3.8) is 0 Å². The summed E-state index contributed by atoms with van der Waals surface area (Å²) in [7, 11) is 0. The third-order valence-corrected chi connectivity index (χ3v) is 6.82. The summed E-state index contributed by atoms with van der Waals surface area (Å²) >= 11 is 0. The molecular formula is C24H28. The SMILES string of the molecule is c1cc2c(c(C3CCCCC3)c1)CCc1c-2ccc2c1CCCC2. The van der Waals surface area contributed by atoms with Gasteiger partial charge in [-0.15, -0.1) is 0 Å². The zero-order valence-corrected chi connectivity index (χ0v) is 14.7. The lowest BCUT2D eigenvalue weighted by Crippen LogP contribution is -2.15. The zero-order chi connectivity index (χ0) is 15.9. The minimum Gasteiger partial charge on any atom is -0.0613 e. The van der Waals surface area contributed by atoms with Gasteiger partial charge in [0.25, 0.3) is 0 Å². The highest BCUT2D eigenvalue weighted by atomic mass is 14.3. The summed E-state index contributed by atoms with van der Waals surface area (Å²) in [5.41, 5.74) is 11.6. The van der Waals surface area contributed by atoms with Gasteiger partial charge in [0.05, 0.1) is 0 Å². The largest absolute Gasteiger partial charge is 0.0613 e. The van der Waals surface area contributed by atoms with Crippen molar-refractivity contribution >= 4 is 0 Å². The van der Waals surface area contributed by atoms with E-state index in [1.54, 1.807) is 38.9 Å². The van der Waals surface area contributed by atoms with E-state index in [0.717, 1.165) is 5.92 Å². The molecule has 0 heteroatoms. The molecule has 1 saturated carbocycles. The van der Waals surface area contributed by atoms with Crippen LogP contribution in [-0.4, -0.2) is 0 Å². The van der Waals surface area contributed by atoms with Crippen LogP contribution in [0.25, 0.3) is 11.1 Å². The predicted octanol–water partition coefficient (Wildman–Crippen LogP) is 6.38. The third kappa shape index (κ3) is 2.34. The number of rotatable bonds is 1. The number of hydrogen-bond acceptors (Lipinski definition) is 0. The Bertz CT molecular complexity index is 762. The van der Waals surface area contributed by atoms with Gasteiger partial charge in [-0.25, -0.2) is 0 Å². The molecule has 2 aromatic carbocycles. The monoisotopic (exact) mass is 316 g/mol. The summed E-state index contributed by atoms with van der Waals surface area (Å²) in [5.74, 6) is 0.827. The van der Waals surface area contributed by atoms with E-state index in [1.165, 1.54) is 70.6 Å². The van der Waals surface area contributed by atoms with Crippen LogP contribution in [-0.2, 0) is 25.7 Å².